The van der Waals surface area contributed by atoms with Crippen LogP contribution in [0.4, 0.5) is 10.1 Å². The molecule has 1 aliphatic rings. The van der Waals surface area contributed by atoms with Gasteiger partial charge < -0.3 is 15.8 Å². The van der Waals surface area contributed by atoms with Gasteiger partial charge in [0.1, 0.15) is 0 Å². The highest BCUT2D eigenvalue weighted by atomic mass is 32.2. The number of pyridine rings is 1. The first-order valence-corrected chi connectivity index (χ1v) is 11.0. The molecule has 1 saturated heterocycles. The smallest absolute Gasteiger partial charge is 0.155 e. The van der Waals surface area contributed by atoms with E-state index in [9.17, 15) is 0 Å². The van der Waals surface area contributed by atoms with Crippen molar-refractivity contribution in [2.45, 2.75) is 32.2 Å². The second-order valence-corrected chi connectivity index (χ2v) is 7.84. The molecule has 2 aromatic rings. The average molecular weight is 414 g/mol. The van der Waals surface area contributed by atoms with E-state index in [0.29, 0.717) is 22.5 Å². The van der Waals surface area contributed by atoms with Crippen molar-refractivity contribution in [1.82, 2.24) is 10.3 Å². The maximum atomic E-state index is 15.3. The summed E-state index contributed by atoms with van der Waals surface area (Å²) in [5.74, 6) is 0.586. The van der Waals surface area contributed by atoms with Gasteiger partial charge in [-0.05, 0) is 50.6 Å². The van der Waals surface area contributed by atoms with Crippen molar-refractivity contribution in [2.24, 2.45) is 10.7 Å². The molecule has 5 nitrogen and oxygen atoms in total. The van der Waals surface area contributed by atoms with Crippen LogP contribution in [-0.4, -0.2) is 36.1 Å². The van der Waals surface area contributed by atoms with E-state index in [0.717, 1.165) is 43.7 Å². The molecule has 1 aliphatic heterocycles. The van der Waals surface area contributed by atoms with Crippen molar-refractivity contribution >= 4 is 35.1 Å². The Kier molecular flexibility index (Phi) is 8.07. The van der Waals surface area contributed by atoms with Crippen LogP contribution in [0.3, 0.4) is 0 Å². The Hall–Kier alpha value is -2.38. The molecule has 1 aromatic heterocycles. The monoisotopic (exact) mass is 413 g/mol. The number of rotatable bonds is 8. The number of hydrogen-bond donors (Lipinski definition) is 3. The lowest BCUT2D eigenvalue weighted by molar-refractivity contribution is 0.461. The number of halogens is 1. The Morgan fingerprint density at radius 3 is 2.79 bits per heavy atom. The van der Waals surface area contributed by atoms with Crippen molar-refractivity contribution in [3.8, 4) is 0 Å². The molecule has 0 saturated carbocycles. The van der Waals surface area contributed by atoms with Gasteiger partial charge in [0.15, 0.2) is 5.82 Å². The van der Waals surface area contributed by atoms with E-state index >= 15 is 4.39 Å². The molecule has 1 aromatic carbocycles. The molecular weight excluding hydrogens is 385 g/mol. The van der Waals surface area contributed by atoms with Crippen LogP contribution >= 0.6 is 11.9 Å². The summed E-state index contributed by atoms with van der Waals surface area (Å²) in [6.07, 6.45) is 8.06. The summed E-state index contributed by atoms with van der Waals surface area (Å²) in [5.41, 5.74) is 9.26. The summed E-state index contributed by atoms with van der Waals surface area (Å²) in [7, 11) is 0. The highest BCUT2D eigenvalue weighted by Crippen LogP contribution is 2.29. The predicted molar refractivity (Wildman–Crippen MR) is 122 cm³/mol. The van der Waals surface area contributed by atoms with Gasteiger partial charge in [-0.2, -0.15) is 0 Å². The number of piperidine rings is 1. The van der Waals surface area contributed by atoms with Gasteiger partial charge >= 0.3 is 0 Å². The van der Waals surface area contributed by atoms with Crippen LogP contribution in [0.5, 0.6) is 0 Å². The summed E-state index contributed by atoms with van der Waals surface area (Å²) in [5, 5.41) is 3.34. The quantitative estimate of drug-likeness (QED) is 0.341. The van der Waals surface area contributed by atoms with Crippen molar-refractivity contribution in [2.75, 3.05) is 23.6 Å². The molecule has 1 fully saturated rings. The maximum Gasteiger partial charge on any atom is 0.155 e. The number of nitrogens with two attached hydrogens (primary N) is 1. The van der Waals surface area contributed by atoms with E-state index in [1.54, 1.807) is 30.7 Å². The van der Waals surface area contributed by atoms with Gasteiger partial charge in [0.25, 0.3) is 0 Å². The molecule has 29 heavy (non-hydrogen) atoms. The third-order valence-corrected chi connectivity index (χ3v) is 5.76. The third-order valence-electron chi connectivity index (χ3n) is 4.78. The van der Waals surface area contributed by atoms with Crippen LogP contribution in [-0.2, 0) is 0 Å². The fourth-order valence-electron chi connectivity index (χ4n) is 3.16. The number of allylic oxidation sites excluding steroid dienone is 1. The van der Waals surface area contributed by atoms with E-state index in [4.69, 9.17) is 10.7 Å². The molecule has 0 unspecified atom stereocenters. The summed E-state index contributed by atoms with van der Waals surface area (Å²) in [4.78, 5) is 8.79. The standard InChI is InChI=1S/C22H28FN5S/c1-2-14-29-28-20-5-3-4-18(21(20)23)19(15-27-17-8-12-26-13-9-17)22(24)16-6-10-25-11-7-16/h3-7,10-11,15,17,26,28H,2,8-9,12-14,24H2,1H3/b22-19+,27-15?. The number of hydrogen-bond acceptors (Lipinski definition) is 6. The molecule has 154 valence electrons. The van der Waals surface area contributed by atoms with Crippen LogP contribution in [0, 0.1) is 5.82 Å². The van der Waals surface area contributed by atoms with Gasteiger partial charge in [0.05, 0.1) is 11.7 Å². The van der Waals surface area contributed by atoms with Crippen molar-refractivity contribution in [3.63, 3.8) is 0 Å². The molecule has 0 aliphatic carbocycles. The Bertz CT molecular complexity index is 848. The maximum absolute atomic E-state index is 15.3. The van der Waals surface area contributed by atoms with Crippen LogP contribution in [0.25, 0.3) is 11.3 Å². The number of benzene rings is 1. The summed E-state index contributed by atoms with van der Waals surface area (Å²) >= 11 is 1.50. The van der Waals surface area contributed by atoms with E-state index < -0.39 is 0 Å². The second-order valence-electron chi connectivity index (χ2n) is 6.94. The summed E-state index contributed by atoms with van der Waals surface area (Å²) in [6, 6.07) is 9.20. The summed E-state index contributed by atoms with van der Waals surface area (Å²) < 4.78 is 18.5. The minimum atomic E-state index is -0.320. The number of nitrogens with zero attached hydrogens (tertiary/aromatic N) is 2. The Morgan fingerprint density at radius 2 is 2.07 bits per heavy atom. The zero-order valence-corrected chi connectivity index (χ0v) is 17.5. The van der Waals surface area contributed by atoms with Crippen molar-refractivity contribution in [1.29, 1.82) is 0 Å². The molecule has 0 amide bonds. The largest absolute Gasteiger partial charge is 0.398 e. The van der Waals surface area contributed by atoms with E-state index in [1.165, 1.54) is 11.9 Å². The second kappa shape index (κ2) is 11.0. The normalized spacial score (nSPS) is 16.1. The van der Waals surface area contributed by atoms with E-state index in [1.807, 2.05) is 18.2 Å². The van der Waals surface area contributed by atoms with E-state index in [-0.39, 0.29) is 11.9 Å². The Balaban J connectivity index is 1.99. The Morgan fingerprint density at radius 1 is 1.31 bits per heavy atom. The molecular formula is C22H28FN5S. The molecule has 0 bridgehead atoms. The number of nitrogens with one attached hydrogen (secondary N) is 2. The molecule has 4 N–H and O–H groups in total. The van der Waals surface area contributed by atoms with Crippen molar-refractivity contribution in [3.05, 3.63) is 59.7 Å². The first-order valence-electron chi connectivity index (χ1n) is 10.0. The van der Waals surface area contributed by atoms with Gasteiger partial charge in [-0.15, -0.1) is 0 Å². The zero-order valence-electron chi connectivity index (χ0n) is 16.7. The number of anilines is 1. The molecule has 0 spiro atoms. The van der Waals surface area contributed by atoms with Gasteiger partial charge in [-0.25, -0.2) is 4.39 Å². The lowest BCUT2D eigenvalue weighted by Crippen LogP contribution is -2.29. The minimum Gasteiger partial charge on any atom is -0.398 e. The minimum absolute atomic E-state index is 0.223. The SMILES string of the molecule is CCCSNc1cccc(/C(C=NC2CCNCC2)=C(/N)c2ccncc2)c1F. The summed E-state index contributed by atoms with van der Waals surface area (Å²) in [6.45, 7) is 3.99. The molecule has 7 heteroatoms. The molecule has 3 rings (SSSR count). The fourth-order valence-corrected chi connectivity index (χ4v) is 3.78. The van der Waals surface area contributed by atoms with Crippen molar-refractivity contribution < 1.29 is 4.39 Å². The lowest BCUT2D eigenvalue weighted by atomic mass is 9.99. The average Bonchev–Trinajstić information content (AvgIpc) is 2.77. The van der Waals surface area contributed by atoms with Gasteiger partial charge in [-0.1, -0.05) is 31.0 Å². The van der Waals surface area contributed by atoms with E-state index in [2.05, 4.69) is 21.9 Å². The van der Waals surface area contributed by atoms with Crippen LogP contribution < -0.4 is 15.8 Å². The fraction of sp³-hybridized carbons (Fsp3) is 0.364. The first kappa shape index (κ1) is 21.3. The third kappa shape index (κ3) is 5.81. The van der Waals surface area contributed by atoms with Crippen LogP contribution in [0.1, 0.15) is 37.3 Å². The highest BCUT2D eigenvalue weighted by Gasteiger charge is 2.16. The number of aliphatic imine (C=N–C) groups is 1. The van der Waals surface area contributed by atoms with Gasteiger partial charge in [0, 0.05) is 46.8 Å². The predicted octanol–water partition coefficient (Wildman–Crippen LogP) is 4.34. The lowest BCUT2D eigenvalue weighted by Gasteiger charge is -2.19. The van der Waals surface area contributed by atoms with Crippen LogP contribution in [0.2, 0.25) is 0 Å². The highest BCUT2D eigenvalue weighted by molar-refractivity contribution is 8.00. The molecule has 2 heterocycles. The molecule has 0 radical (unpaired) electrons. The van der Waals surface area contributed by atoms with Gasteiger partial charge in [0.2, 0.25) is 0 Å². The Labute approximate surface area is 176 Å². The van der Waals surface area contributed by atoms with Gasteiger partial charge in [-0.3, -0.25) is 9.98 Å². The zero-order chi connectivity index (χ0) is 20.5. The molecule has 0 atom stereocenters. The first-order chi connectivity index (χ1) is 14.2. The van der Waals surface area contributed by atoms with Crippen LogP contribution in [0.15, 0.2) is 47.7 Å². The topological polar surface area (TPSA) is 75.3 Å². The number of aromatic nitrogens is 1.